The van der Waals surface area contributed by atoms with Gasteiger partial charge in [0.15, 0.2) is 8.93 Å². The lowest BCUT2D eigenvalue weighted by molar-refractivity contribution is -0.120. The molecule has 2 aromatic heterocycles. The summed E-state index contributed by atoms with van der Waals surface area (Å²) >= 11 is 14.9. The number of carbonyl (C=O) groups is 4. The number of likely N-dealkylation sites (tertiary alicyclic amines) is 2. The number of hydrogen-bond donors (Lipinski definition) is 2. The summed E-state index contributed by atoms with van der Waals surface area (Å²) in [7, 11) is 0. The van der Waals surface area contributed by atoms with Crippen molar-refractivity contribution in [2.45, 2.75) is 77.3 Å². The molecular weight excluding hydrogens is 739 g/mol. The molecule has 2 N–H and O–H groups in total. The maximum absolute atomic E-state index is 13.4. The number of anilines is 2. The molecule has 0 radical (unpaired) electrons. The zero-order valence-corrected chi connectivity index (χ0v) is 32.5. The predicted octanol–water partition coefficient (Wildman–Crippen LogP) is 8.81. The van der Waals surface area contributed by atoms with Crippen LogP contribution < -0.4 is 10.6 Å². The van der Waals surface area contributed by atoms with Crippen molar-refractivity contribution >= 4 is 93.0 Å². The third-order valence-electron chi connectivity index (χ3n) is 9.17. The second-order valence-corrected chi connectivity index (χ2v) is 16.8. The maximum atomic E-state index is 13.4. The number of aromatic nitrogens is 2. The summed E-state index contributed by atoms with van der Waals surface area (Å²) in [6.07, 6.45) is 6.55. The molecule has 272 valence electrons. The molecule has 0 bridgehead atoms. The van der Waals surface area contributed by atoms with E-state index < -0.39 is 12.1 Å². The molecule has 0 aliphatic carbocycles. The van der Waals surface area contributed by atoms with Crippen LogP contribution in [0.4, 0.5) is 11.4 Å². The normalized spacial score (nSPS) is 17.5. The van der Waals surface area contributed by atoms with E-state index in [4.69, 9.17) is 23.2 Å². The molecule has 2 fully saturated rings. The molecule has 2 saturated heterocycles. The van der Waals surface area contributed by atoms with Crippen LogP contribution in [0.2, 0.25) is 8.93 Å². The summed E-state index contributed by atoms with van der Waals surface area (Å²) in [4.78, 5) is 66.8. The Kier molecular flexibility index (Phi) is 11.8. The fourth-order valence-corrected chi connectivity index (χ4v) is 8.77. The molecule has 0 saturated carbocycles. The fourth-order valence-electron chi connectivity index (χ4n) is 6.53. The van der Waals surface area contributed by atoms with E-state index in [0.29, 0.717) is 57.6 Å². The second kappa shape index (κ2) is 16.3. The molecular formula is C38H40Cl2N6O4S2. The number of amides is 4. The Bertz CT molecular complexity index is 1850. The van der Waals surface area contributed by atoms with Crippen LogP contribution in [0.15, 0.2) is 48.5 Å². The number of hydrogen-bond acceptors (Lipinski definition) is 8. The number of carbonyl (C=O) groups excluding carboxylic acids is 4. The minimum atomic E-state index is -0.582. The van der Waals surface area contributed by atoms with Crippen molar-refractivity contribution in [3.63, 3.8) is 0 Å². The molecule has 4 amide bonds. The number of benzene rings is 2. The van der Waals surface area contributed by atoms with Gasteiger partial charge >= 0.3 is 0 Å². The molecule has 4 heterocycles. The van der Waals surface area contributed by atoms with Gasteiger partial charge in [0.25, 0.3) is 11.8 Å². The summed E-state index contributed by atoms with van der Waals surface area (Å²) in [6, 6.07) is 13.8. The van der Waals surface area contributed by atoms with Crippen LogP contribution >= 0.6 is 45.9 Å². The zero-order chi connectivity index (χ0) is 37.1. The van der Waals surface area contributed by atoms with Gasteiger partial charge in [0.1, 0.15) is 23.5 Å². The summed E-state index contributed by atoms with van der Waals surface area (Å²) in [5, 5.41) is 5.93. The van der Waals surface area contributed by atoms with E-state index in [9.17, 15) is 19.2 Å². The molecule has 14 heteroatoms. The third kappa shape index (κ3) is 8.41. The Labute approximate surface area is 321 Å². The summed E-state index contributed by atoms with van der Waals surface area (Å²) in [5.74, 6) is -0.782. The first kappa shape index (κ1) is 37.7. The van der Waals surface area contributed by atoms with E-state index in [1.165, 1.54) is 22.7 Å². The highest BCUT2D eigenvalue weighted by atomic mass is 35.5. The number of rotatable bonds is 10. The quantitative estimate of drug-likeness (QED) is 0.155. The van der Waals surface area contributed by atoms with E-state index in [1.807, 2.05) is 88.4 Å². The fraction of sp³-hybridized carbons (Fsp3) is 0.368. The van der Waals surface area contributed by atoms with Crippen molar-refractivity contribution in [3.05, 3.63) is 89.7 Å². The van der Waals surface area contributed by atoms with Crippen LogP contribution in [-0.2, 0) is 9.59 Å². The lowest BCUT2D eigenvalue weighted by Gasteiger charge is -2.24. The molecule has 52 heavy (non-hydrogen) atoms. The smallest absolute Gasteiger partial charge is 0.274 e. The van der Waals surface area contributed by atoms with Crippen LogP contribution in [0, 0.1) is 0 Å². The molecule has 2 aliphatic heterocycles. The maximum Gasteiger partial charge on any atom is 0.274 e. The van der Waals surface area contributed by atoms with Crippen molar-refractivity contribution in [2.75, 3.05) is 23.7 Å². The molecule has 2 aliphatic rings. The van der Waals surface area contributed by atoms with Crippen molar-refractivity contribution in [1.82, 2.24) is 19.8 Å². The van der Waals surface area contributed by atoms with Gasteiger partial charge in [-0.15, -0.1) is 22.7 Å². The predicted molar refractivity (Wildman–Crippen MR) is 210 cm³/mol. The van der Waals surface area contributed by atoms with E-state index in [2.05, 4.69) is 20.6 Å². The minimum Gasteiger partial charge on any atom is -0.325 e. The van der Waals surface area contributed by atoms with Crippen LogP contribution in [0.3, 0.4) is 0 Å². The lowest BCUT2D eigenvalue weighted by Crippen LogP contribution is -2.43. The Hall–Kier alpha value is -4.10. The SMILES string of the molecule is CC(C)c1sc(Cl)nc1C(=O)N1CCC[C@H]1C(=O)Nc1ccc(/C=C/c2ccc(NC(=O)[C@@H]3CCCN3C(=O)c3nc(Cl)sc3C(C)C)cc2)cc1. The van der Waals surface area contributed by atoms with Crippen molar-refractivity contribution in [2.24, 2.45) is 0 Å². The standard InChI is InChI=1S/C38H40Cl2N6O4S2/c1-21(2)31-29(43-37(39)51-31)35(49)45-19-5-7-27(45)33(47)41-25-15-11-23(12-16-25)9-10-24-13-17-26(18-14-24)42-34(48)28-8-6-20-46(28)36(50)30-32(22(3)4)52-38(40)44-30/h9-18,21-22,27-28H,5-8,19-20H2,1-4H3,(H,41,47)(H,42,48)/b10-9+/t27-,28-/m0/s1. The Balaban J connectivity index is 1.02. The first-order valence-corrected chi connectivity index (χ1v) is 19.7. The van der Waals surface area contributed by atoms with Gasteiger partial charge in [-0.3, -0.25) is 19.2 Å². The van der Waals surface area contributed by atoms with Crippen molar-refractivity contribution in [3.8, 4) is 0 Å². The van der Waals surface area contributed by atoms with Gasteiger partial charge in [0.2, 0.25) is 11.8 Å². The number of thiazole rings is 2. The second-order valence-electron chi connectivity index (χ2n) is 13.5. The van der Waals surface area contributed by atoms with Crippen LogP contribution in [0.1, 0.15) is 107 Å². The van der Waals surface area contributed by atoms with Gasteiger partial charge in [-0.1, -0.05) is 87.3 Å². The van der Waals surface area contributed by atoms with Gasteiger partial charge in [-0.2, -0.15) is 0 Å². The monoisotopic (exact) mass is 778 g/mol. The van der Waals surface area contributed by atoms with Crippen molar-refractivity contribution < 1.29 is 19.2 Å². The molecule has 6 rings (SSSR count). The molecule has 0 spiro atoms. The highest BCUT2D eigenvalue weighted by molar-refractivity contribution is 7.16. The van der Waals surface area contributed by atoms with E-state index >= 15 is 0 Å². The van der Waals surface area contributed by atoms with Crippen molar-refractivity contribution in [1.29, 1.82) is 0 Å². The summed E-state index contributed by atoms with van der Waals surface area (Å²) < 4.78 is 0.646. The molecule has 4 aromatic rings. The topological polar surface area (TPSA) is 125 Å². The van der Waals surface area contributed by atoms with Crippen LogP contribution in [0.25, 0.3) is 12.2 Å². The van der Waals surface area contributed by atoms with Gasteiger partial charge in [-0.05, 0) is 72.9 Å². The number of nitrogens with zero attached hydrogens (tertiary/aromatic N) is 4. The highest BCUT2D eigenvalue weighted by Crippen LogP contribution is 2.34. The van der Waals surface area contributed by atoms with E-state index in [-0.39, 0.29) is 35.5 Å². The number of nitrogens with one attached hydrogen (secondary N) is 2. The van der Waals surface area contributed by atoms with Crippen LogP contribution in [0.5, 0.6) is 0 Å². The molecule has 2 aromatic carbocycles. The average molecular weight is 780 g/mol. The van der Waals surface area contributed by atoms with E-state index in [1.54, 1.807) is 9.80 Å². The summed E-state index contributed by atoms with van der Waals surface area (Å²) in [6.45, 7) is 8.95. The Morgan fingerprint density at radius 3 is 1.38 bits per heavy atom. The highest BCUT2D eigenvalue weighted by Gasteiger charge is 2.38. The van der Waals surface area contributed by atoms with Gasteiger partial charge in [0.05, 0.1) is 0 Å². The largest absolute Gasteiger partial charge is 0.325 e. The van der Waals surface area contributed by atoms with Gasteiger partial charge < -0.3 is 20.4 Å². The first-order chi connectivity index (χ1) is 24.9. The van der Waals surface area contributed by atoms with E-state index in [0.717, 1.165) is 33.7 Å². The minimum absolute atomic E-state index is 0.0979. The Morgan fingerprint density at radius 1 is 0.673 bits per heavy atom. The summed E-state index contributed by atoms with van der Waals surface area (Å²) in [5.41, 5.74) is 3.82. The first-order valence-electron chi connectivity index (χ1n) is 17.3. The number of halogens is 2. The van der Waals surface area contributed by atoms with Gasteiger partial charge in [-0.25, -0.2) is 9.97 Å². The van der Waals surface area contributed by atoms with Crippen LogP contribution in [-0.4, -0.2) is 68.6 Å². The third-order valence-corrected chi connectivity index (χ3v) is 12.1. The average Bonchev–Trinajstić information content (AvgIpc) is 3.94. The molecule has 2 atom stereocenters. The van der Waals surface area contributed by atoms with Gasteiger partial charge in [0, 0.05) is 34.2 Å². The zero-order valence-electron chi connectivity index (χ0n) is 29.3. The lowest BCUT2D eigenvalue weighted by atomic mass is 10.1. The molecule has 0 unspecified atom stereocenters. The molecule has 10 nitrogen and oxygen atoms in total. The Morgan fingerprint density at radius 2 is 1.04 bits per heavy atom.